The zero-order valence-corrected chi connectivity index (χ0v) is 17.5. The zero-order valence-electron chi connectivity index (χ0n) is 17.5. The lowest BCUT2D eigenvalue weighted by atomic mass is 9.34. The first kappa shape index (κ1) is 19.8. The molecular formula is C24H45B. The second-order valence-electron chi connectivity index (χ2n) is 10.3. The van der Waals surface area contributed by atoms with Crippen LogP contribution in [-0.2, 0) is 0 Å². The Morgan fingerprint density at radius 2 is 0.840 bits per heavy atom. The Kier molecular flexibility index (Phi) is 8.25. The summed E-state index contributed by atoms with van der Waals surface area (Å²) in [6, 6.07) is 0. The largest absolute Gasteiger partial charge is 0.143 e. The van der Waals surface area contributed by atoms with Crippen LogP contribution in [0.15, 0.2) is 0 Å². The monoisotopic (exact) mass is 344 g/mol. The van der Waals surface area contributed by atoms with Gasteiger partial charge >= 0.3 is 0 Å². The predicted molar refractivity (Wildman–Crippen MR) is 114 cm³/mol. The molecule has 0 N–H and O–H groups in total. The Bertz CT molecular complexity index is 345. The minimum absolute atomic E-state index is 0.987. The molecule has 0 nitrogen and oxygen atoms in total. The first-order valence-electron chi connectivity index (χ1n) is 12.3. The van der Waals surface area contributed by atoms with Gasteiger partial charge in [-0.1, -0.05) is 135 Å². The Hall–Kier alpha value is 0.0649. The normalized spacial score (nSPS) is 37.4. The maximum atomic E-state index is 2.66. The summed E-state index contributed by atoms with van der Waals surface area (Å²) in [7, 11) is 0. The van der Waals surface area contributed by atoms with E-state index < -0.39 is 0 Å². The highest BCUT2D eigenvalue weighted by Crippen LogP contribution is 2.52. The van der Waals surface area contributed by atoms with Crippen molar-refractivity contribution in [3.05, 3.63) is 0 Å². The Labute approximate surface area is 159 Å². The molecule has 3 rings (SSSR count). The van der Waals surface area contributed by atoms with Gasteiger partial charge in [0.2, 0.25) is 0 Å². The molecule has 0 aromatic carbocycles. The summed E-state index contributed by atoms with van der Waals surface area (Å²) in [6.45, 7) is 6.18. The van der Waals surface area contributed by atoms with E-state index in [2.05, 4.69) is 13.7 Å². The van der Waals surface area contributed by atoms with E-state index in [0.29, 0.717) is 0 Å². The summed E-state index contributed by atoms with van der Waals surface area (Å²) < 4.78 is 0. The average molecular weight is 344 g/mol. The van der Waals surface area contributed by atoms with Gasteiger partial charge in [-0.25, -0.2) is 0 Å². The molecule has 25 heavy (non-hydrogen) atoms. The molecule has 0 radical (unpaired) electrons. The summed E-state index contributed by atoms with van der Waals surface area (Å²) in [5.74, 6) is 5.32. The van der Waals surface area contributed by atoms with E-state index in [4.69, 9.17) is 0 Å². The minimum atomic E-state index is 0.987. The van der Waals surface area contributed by atoms with Crippen LogP contribution in [0.3, 0.4) is 0 Å². The molecule has 2 saturated carbocycles. The van der Waals surface area contributed by atoms with E-state index in [1.807, 2.05) is 0 Å². The van der Waals surface area contributed by atoms with Crippen molar-refractivity contribution >= 4 is 6.71 Å². The van der Waals surface area contributed by atoms with Crippen LogP contribution in [-0.4, -0.2) is 6.71 Å². The van der Waals surface area contributed by atoms with E-state index in [-0.39, 0.29) is 0 Å². The zero-order chi connectivity index (χ0) is 17.5. The molecule has 0 aromatic rings. The standard InChI is InChI=1S/C24H45B/c1-20-12-6-3-8-14-21(15-9-4-7-13-20)23-18-19-24(25(23)2)22-16-10-5-11-17-22/h20-24H,3-19H2,1-2H3. The predicted octanol–water partition coefficient (Wildman–Crippen LogP) is 8.39. The third kappa shape index (κ3) is 5.77. The molecule has 0 amide bonds. The van der Waals surface area contributed by atoms with Gasteiger partial charge in [0, 0.05) is 0 Å². The molecule has 144 valence electrons. The molecule has 2 unspecified atom stereocenters. The van der Waals surface area contributed by atoms with Crippen LogP contribution in [0.4, 0.5) is 0 Å². The van der Waals surface area contributed by atoms with Gasteiger partial charge in [-0.2, -0.15) is 0 Å². The quantitative estimate of drug-likeness (QED) is 0.441. The topological polar surface area (TPSA) is 0 Å². The lowest BCUT2D eigenvalue weighted by Crippen LogP contribution is -2.27. The van der Waals surface area contributed by atoms with Crippen molar-refractivity contribution < 1.29 is 0 Å². The number of rotatable bonds is 2. The Morgan fingerprint density at radius 3 is 1.24 bits per heavy atom. The Morgan fingerprint density at radius 1 is 0.480 bits per heavy atom. The lowest BCUT2D eigenvalue weighted by Gasteiger charge is -2.32. The molecule has 1 saturated heterocycles. The second-order valence-corrected chi connectivity index (χ2v) is 10.3. The van der Waals surface area contributed by atoms with Gasteiger partial charge in [-0.3, -0.25) is 0 Å². The molecule has 0 bridgehead atoms. The van der Waals surface area contributed by atoms with Crippen LogP contribution in [0.1, 0.15) is 116 Å². The highest BCUT2D eigenvalue weighted by Gasteiger charge is 2.42. The fourth-order valence-electron chi connectivity index (χ4n) is 6.99. The summed E-state index contributed by atoms with van der Waals surface area (Å²) in [5.41, 5.74) is 0. The van der Waals surface area contributed by atoms with Crippen molar-refractivity contribution in [2.24, 2.45) is 17.8 Å². The minimum Gasteiger partial charge on any atom is -0.0856 e. The third-order valence-corrected chi connectivity index (χ3v) is 8.59. The summed E-state index contributed by atoms with van der Waals surface area (Å²) in [4.78, 5) is 0. The van der Waals surface area contributed by atoms with Gasteiger partial charge in [0.15, 0.2) is 0 Å². The smallest absolute Gasteiger partial charge is 0.0856 e. The van der Waals surface area contributed by atoms with Gasteiger partial charge in [0.05, 0.1) is 0 Å². The summed E-state index contributed by atoms with van der Waals surface area (Å²) in [5, 5.41) is 0. The third-order valence-electron chi connectivity index (χ3n) is 8.59. The van der Waals surface area contributed by atoms with Crippen molar-refractivity contribution in [2.75, 3.05) is 0 Å². The van der Waals surface area contributed by atoms with E-state index in [9.17, 15) is 0 Å². The maximum absolute atomic E-state index is 2.66. The molecule has 1 heterocycles. The van der Waals surface area contributed by atoms with E-state index in [1.165, 1.54) is 70.6 Å². The molecule has 3 fully saturated rings. The molecule has 3 aliphatic rings. The van der Waals surface area contributed by atoms with Crippen LogP contribution in [0, 0.1) is 17.8 Å². The van der Waals surface area contributed by atoms with E-state index in [1.54, 1.807) is 38.5 Å². The van der Waals surface area contributed by atoms with Gasteiger partial charge in [0.1, 0.15) is 6.71 Å². The van der Waals surface area contributed by atoms with Crippen LogP contribution in [0.5, 0.6) is 0 Å². The molecule has 0 spiro atoms. The average Bonchev–Trinajstić information content (AvgIpc) is 3.00. The van der Waals surface area contributed by atoms with Gasteiger partial charge in [0.25, 0.3) is 0 Å². The molecule has 1 aliphatic heterocycles. The van der Waals surface area contributed by atoms with Gasteiger partial charge in [-0.05, 0) is 17.8 Å². The second kappa shape index (κ2) is 10.4. The van der Waals surface area contributed by atoms with Crippen molar-refractivity contribution in [1.82, 2.24) is 0 Å². The van der Waals surface area contributed by atoms with Crippen LogP contribution in [0.2, 0.25) is 18.5 Å². The molecule has 1 heteroatoms. The van der Waals surface area contributed by atoms with Crippen molar-refractivity contribution in [2.45, 2.75) is 135 Å². The number of hydrogen-bond donors (Lipinski definition) is 0. The van der Waals surface area contributed by atoms with Gasteiger partial charge in [-0.15, -0.1) is 0 Å². The lowest BCUT2D eigenvalue weighted by molar-refractivity contribution is 0.333. The van der Waals surface area contributed by atoms with Crippen molar-refractivity contribution in [3.8, 4) is 0 Å². The van der Waals surface area contributed by atoms with Crippen LogP contribution in [0.25, 0.3) is 0 Å². The van der Waals surface area contributed by atoms with Gasteiger partial charge < -0.3 is 0 Å². The maximum Gasteiger partial charge on any atom is 0.143 e. The fourth-order valence-corrected chi connectivity index (χ4v) is 6.99. The fraction of sp³-hybridized carbons (Fsp3) is 1.00. The molecule has 2 atom stereocenters. The molecule has 0 aromatic heterocycles. The number of hydrogen-bond acceptors (Lipinski definition) is 0. The van der Waals surface area contributed by atoms with Crippen LogP contribution >= 0.6 is 0 Å². The van der Waals surface area contributed by atoms with E-state index in [0.717, 1.165) is 36.1 Å². The van der Waals surface area contributed by atoms with Crippen molar-refractivity contribution in [3.63, 3.8) is 0 Å². The summed E-state index contributed by atoms with van der Waals surface area (Å²) >= 11 is 0. The molecule has 2 aliphatic carbocycles. The van der Waals surface area contributed by atoms with E-state index >= 15 is 0 Å². The summed E-state index contributed by atoms with van der Waals surface area (Å²) in [6.07, 6.45) is 26.0. The van der Waals surface area contributed by atoms with Crippen LogP contribution < -0.4 is 0 Å². The highest BCUT2D eigenvalue weighted by atomic mass is 14.3. The SMILES string of the molecule is CB1C(C2CCCCCC(C)CCCCC2)CCC1C1CCCCC1. The van der Waals surface area contributed by atoms with Crippen molar-refractivity contribution in [1.29, 1.82) is 0 Å². The first-order chi connectivity index (χ1) is 12.3. The first-order valence-corrected chi connectivity index (χ1v) is 12.3. The highest BCUT2D eigenvalue weighted by molar-refractivity contribution is 6.61. The molecular weight excluding hydrogens is 299 g/mol. The Balaban J connectivity index is 1.53.